The predicted octanol–water partition coefficient (Wildman–Crippen LogP) is 1.25. The molecule has 1 heterocycles. The van der Waals surface area contributed by atoms with Crippen LogP contribution in [0.15, 0.2) is 24.3 Å². The number of nitrogens with one attached hydrogen (secondary N) is 1. The molecule has 1 saturated heterocycles. The van der Waals surface area contributed by atoms with Gasteiger partial charge >= 0.3 is 12.1 Å². The van der Waals surface area contributed by atoms with Crippen LogP contribution in [0.25, 0.3) is 0 Å². The van der Waals surface area contributed by atoms with E-state index in [1.165, 1.54) is 7.11 Å². The van der Waals surface area contributed by atoms with Crippen LogP contribution in [-0.4, -0.2) is 73.7 Å². The number of ether oxygens (including phenoxy) is 2. The number of rotatable bonds is 6. The molecule has 1 aliphatic heterocycles. The maximum absolute atomic E-state index is 12.4. The quantitative estimate of drug-likeness (QED) is 0.751. The van der Waals surface area contributed by atoms with E-state index in [2.05, 4.69) is 10.1 Å². The zero-order valence-electron chi connectivity index (χ0n) is 16.1. The minimum absolute atomic E-state index is 0.0726. The van der Waals surface area contributed by atoms with Crippen LogP contribution < -0.4 is 5.32 Å². The third-order valence-electron chi connectivity index (χ3n) is 4.61. The Labute approximate surface area is 159 Å². The van der Waals surface area contributed by atoms with Gasteiger partial charge in [0.1, 0.15) is 0 Å². The summed E-state index contributed by atoms with van der Waals surface area (Å²) in [5.41, 5.74) is 1.37. The minimum atomic E-state index is -0.388. The topological polar surface area (TPSA) is 88.2 Å². The lowest BCUT2D eigenvalue weighted by Gasteiger charge is -2.36. The zero-order valence-corrected chi connectivity index (χ0v) is 16.1. The number of carbonyl (C=O) groups is 3. The molecule has 1 aromatic carbocycles. The molecule has 1 aromatic rings. The van der Waals surface area contributed by atoms with E-state index in [1.807, 2.05) is 11.8 Å². The van der Waals surface area contributed by atoms with Crippen LogP contribution in [0.4, 0.5) is 4.79 Å². The molecule has 8 nitrogen and oxygen atoms in total. The Morgan fingerprint density at radius 3 is 2.30 bits per heavy atom. The number of amides is 2. The average Bonchev–Trinajstić information content (AvgIpc) is 2.71. The fraction of sp³-hybridized carbons (Fsp3) is 0.526. The number of carbonyl (C=O) groups excluding carboxylic acids is 3. The summed E-state index contributed by atoms with van der Waals surface area (Å²) in [6, 6.07) is 6.63. The summed E-state index contributed by atoms with van der Waals surface area (Å²) in [7, 11) is 1.34. The number of benzene rings is 1. The van der Waals surface area contributed by atoms with Crippen molar-refractivity contribution in [2.45, 2.75) is 26.4 Å². The van der Waals surface area contributed by atoms with Crippen LogP contribution in [-0.2, 0) is 20.8 Å². The van der Waals surface area contributed by atoms with Gasteiger partial charge in [-0.15, -0.1) is 0 Å². The average molecular weight is 377 g/mol. The predicted molar refractivity (Wildman–Crippen MR) is 99.3 cm³/mol. The van der Waals surface area contributed by atoms with Crippen molar-refractivity contribution in [2.24, 2.45) is 0 Å². The first-order chi connectivity index (χ1) is 13.0. The molecule has 0 aromatic heterocycles. The van der Waals surface area contributed by atoms with Crippen molar-refractivity contribution < 1.29 is 23.9 Å². The van der Waals surface area contributed by atoms with Gasteiger partial charge in [-0.1, -0.05) is 12.1 Å². The van der Waals surface area contributed by atoms with Gasteiger partial charge in [0, 0.05) is 32.7 Å². The molecule has 1 fully saturated rings. The van der Waals surface area contributed by atoms with Crippen LogP contribution in [0.3, 0.4) is 0 Å². The second-order valence-electron chi connectivity index (χ2n) is 6.30. The summed E-state index contributed by atoms with van der Waals surface area (Å²) in [6.45, 7) is 6.73. The van der Waals surface area contributed by atoms with E-state index in [0.29, 0.717) is 44.9 Å². The van der Waals surface area contributed by atoms with Crippen molar-refractivity contribution >= 4 is 18.0 Å². The lowest BCUT2D eigenvalue weighted by atomic mass is 10.1. The highest BCUT2D eigenvalue weighted by atomic mass is 16.6. The molecular weight excluding hydrogens is 350 g/mol. The van der Waals surface area contributed by atoms with E-state index < -0.39 is 0 Å². The molecule has 1 unspecified atom stereocenters. The Kier molecular flexibility index (Phi) is 7.60. The Bertz CT molecular complexity index is 654. The van der Waals surface area contributed by atoms with E-state index in [0.717, 1.165) is 5.56 Å². The van der Waals surface area contributed by atoms with Crippen molar-refractivity contribution in [3.8, 4) is 0 Å². The van der Waals surface area contributed by atoms with E-state index >= 15 is 0 Å². The molecule has 1 N–H and O–H groups in total. The summed E-state index contributed by atoms with van der Waals surface area (Å²) in [6.07, 6.45) is -0.301. The van der Waals surface area contributed by atoms with Crippen LogP contribution in [0, 0.1) is 0 Å². The zero-order chi connectivity index (χ0) is 19.8. The van der Waals surface area contributed by atoms with Gasteiger partial charge in [-0.3, -0.25) is 9.69 Å². The first-order valence-electron chi connectivity index (χ1n) is 9.07. The molecular formula is C19H27N3O5. The molecule has 148 valence electrons. The lowest BCUT2D eigenvalue weighted by molar-refractivity contribution is -0.126. The molecule has 27 heavy (non-hydrogen) atoms. The molecule has 2 rings (SSSR count). The van der Waals surface area contributed by atoms with E-state index in [-0.39, 0.29) is 24.0 Å². The first kappa shape index (κ1) is 20.7. The van der Waals surface area contributed by atoms with Gasteiger partial charge in [-0.2, -0.15) is 0 Å². The maximum atomic E-state index is 12.4. The number of hydrogen-bond acceptors (Lipinski definition) is 6. The van der Waals surface area contributed by atoms with Crippen molar-refractivity contribution in [3.63, 3.8) is 0 Å². The van der Waals surface area contributed by atoms with Crippen LogP contribution in [0.5, 0.6) is 0 Å². The Morgan fingerprint density at radius 2 is 1.74 bits per heavy atom. The largest absolute Gasteiger partial charge is 0.465 e. The Morgan fingerprint density at radius 1 is 1.11 bits per heavy atom. The van der Waals surface area contributed by atoms with Gasteiger partial charge in [0.2, 0.25) is 5.91 Å². The summed E-state index contributed by atoms with van der Waals surface area (Å²) >= 11 is 0. The van der Waals surface area contributed by atoms with Crippen molar-refractivity contribution in [3.05, 3.63) is 35.4 Å². The Hall–Kier alpha value is -2.61. The second kappa shape index (κ2) is 9.91. The summed E-state index contributed by atoms with van der Waals surface area (Å²) in [5, 5.41) is 2.91. The molecule has 1 aliphatic rings. The molecule has 0 aliphatic carbocycles. The fourth-order valence-corrected chi connectivity index (χ4v) is 2.89. The van der Waals surface area contributed by atoms with E-state index in [9.17, 15) is 14.4 Å². The maximum Gasteiger partial charge on any atom is 0.409 e. The van der Waals surface area contributed by atoms with E-state index in [4.69, 9.17) is 4.74 Å². The van der Waals surface area contributed by atoms with Crippen LogP contribution in [0.2, 0.25) is 0 Å². The summed E-state index contributed by atoms with van der Waals surface area (Å²) in [4.78, 5) is 39.3. The smallest absolute Gasteiger partial charge is 0.409 e. The summed E-state index contributed by atoms with van der Waals surface area (Å²) in [5.74, 6) is -0.460. The number of hydrogen-bond donors (Lipinski definition) is 1. The SMILES string of the molecule is CCOC(=O)N1CCN(C(C)C(=O)NCc2ccc(C(=O)OC)cc2)CC1. The number of methoxy groups -OCH3 is 1. The van der Waals surface area contributed by atoms with Gasteiger partial charge in [-0.05, 0) is 31.5 Å². The first-order valence-corrected chi connectivity index (χ1v) is 9.07. The highest BCUT2D eigenvalue weighted by Crippen LogP contribution is 2.09. The third-order valence-corrected chi connectivity index (χ3v) is 4.61. The number of nitrogens with zero attached hydrogens (tertiary/aromatic N) is 2. The highest BCUT2D eigenvalue weighted by Gasteiger charge is 2.27. The normalized spacial score (nSPS) is 15.7. The monoisotopic (exact) mass is 377 g/mol. The minimum Gasteiger partial charge on any atom is -0.465 e. The molecule has 0 spiro atoms. The molecule has 2 amide bonds. The van der Waals surface area contributed by atoms with Gasteiger partial charge in [0.25, 0.3) is 0 Å². The van der Waals surface area contributed by atoms with Crippen molar-refractivity contribution in [1.82, 2.24) is 15.1 Å². The van der Waals surface area contributed by atoms with Crippen molar-refractivity contribution in [1.29, 1.82) is 0 Å². The number of piperazine rings is 1. The second-order valence-corrected chi connectivity index (χ2v) is 6.30. The fourth-order valence-electron chi connectivity index (χ4n) is 2.89. The van der Waals surface area contributed by atoms with Gasteiger partial charge in [0.15, 0.2) is 0 Å². The van der Waals surface area contributed by atoms with Crippen LogP contribution in [0.1, 0.15) is 29.8 Å². The summed E-state index contributed by atoms with van der Waals surface area (Å²) < 4.78 is 9.66. The molecule has 0 radical (unpaired) electrons. The molecule has 0 saturated carbocycles. The third kappa shape index (κ3) is 5.68. The Balaban J connectivity index is 1.79. The highest BCUT2D eigenvalue weighted by molar-refractivity contribution is 5.89. The van der Waals surface area contributed by atoms with Gasteiger partial charge in [0.05, 0.1) is 25.3 Å². The molecule has 0 bridgehead atoms. The van der Waals surface area contributed by atoms with Gasteiger partial charge in [-0.25, -0.2) is 9.59 Å². The number of esters is 1. The van der Waals surface area contributed by atoms with Crippen molar-refractivity contribution in [2.75, 3.05) is 39.9 Å². The molecule has 8 heteroatoms. The van der Waals surface area contributed by atoms with Gasteiger partial charge < -0.3 is 19.7 Å². The lowest BCUT2D eigenvalue weighted by Crippen LogP contribution is -2.55. The van der Waals surface area contributed by atoms with E-state index in [1.54, 1.807) is 36.1 Å². The standard InChI is InChI=1S/C19H27N3O5/c1-4-27-19(25)22-11-9-21(10-12-22)14(2)17(23)20-13-15-5-7-16(8-6-15)18(24)26-3/h5-8,14H,4,9-13H2,1-3H3,(H,20,23). The molecule has 1 atom stereocenters. The van der Waals surface area contributed by atoms with Crippen LogP contribution >= 0.6 is 0 Å².